The van der Waals surface area contributed by atoms with E-state index >= 15 is 0 Å². The highest BCUT2D eigenvalue weighted by Crippen LogP contribution is 2.37. The molecule has 2 aromatic carbocycles. The second-order valence-corrected chi connectivity index (χ2v) is 9.01. The highest BCUT2D eigenvalue weighted by Gasteiger charge is 2.38. The number of aliphatic hydroxyl groups is 1. The first-order valence-electron chi connectivity index (χ1n) is 10.5. The predicted molar refractivity (Wildman–Crippen MR) is 134 cm³/mol. The Bertz CT molecular complexity index is 1590. The van der Waals surface area contributed by atoms with E-state index in [1.165, 1.54) is 10.6 Å². The van der Waals surface area contributed by atoms with Crippen LogP contribution in [0.4, 0.5) is 0 Å². The van der Waals surface area contributed by atoms with Gasteiger partial charge in [0.2, 0.25) is 0 Å². The van der Waals surface area contributed by atoms with Crippen molar-refractivity contribution in [3.63, 3.8) is 0 Å². The van der Waals surface area contributed by atoms with E-state index in [-0.39, 0.29) is 5.56 Å². The van der Waals surface area contributed by atoms with Crippen molar-refractivity contribution in [2.24, 2.45) is 14.1 Å². The molecular formula is C26H20Cl2N4O2. The summed E-state index contributed by atoms with van der Waals surface area (Å²) in [5.74, 6) is 0. The van der Waals surface area contributed by atoms with Crippen LogP contribution in [0.1, 0.15) is 17.0 Å². The van der Waals surface area contributed by atoms with Gasteiger partial charge in [0.25, 0.3) is 5.56 Å². The Hall–Kier alpha value is -3.45. The monoisotopic (exact) mass is 490 g/mol. The molecule has 8 heteroatoms. The highest BCUT2D eigenvalue weighted by molar-refractivity contribution is 6.31. The van der Waals surface area contributed by atoms with E-state index in [0.29, 0.717) is 43.6 Å². The van der Waals surface area contributed by atoms with Gasteiger partial charge in [-0.05, 0) is 47.5 Å². The first kappa shape index (κ1) is 22.3. The number of benzene rings is 2. The quantitative estimate of drug-likeness (QED) is 0.387. The molecule has 3 heterocycles. The number of hydrogen-bond donors (Lipinski definition) is 1. The third-order valence-corrected chi connectivity index (χ3v) is 6.53. The van der Waals surface area contributed by atoms with Crippen molar-refractivity contribution in [3.8, 4) is 11.1 Å². The molecule has 34 heavy (non-hydrogen) atoms. The summed E-state index contributed by atoms with van der Waals surface area (Å²) in [4.78, 5) is 21.8. The van der Waals surface area contributed by atoms with Crippen molar-refractivity contribution in [1.29, 1.82) is 0 Å². The van der Waals surface area contributed by atoms with Crippen LogP contribution in [-0.2, 0) is 19.7 Å². The predicted octanol–water partition coefficient (Wildman–Crippen LogP) is 4.93. The van der Waals surface area contributed by atoms with Crippen molar-refractivity contribution in [2.45, 2.75) is 5.60 Å². The van der Waals surface area contributed by atoms with E-state index in [2.05, 4.69) is 4.98 Å². The summed E-state index contributed by atoms with van der Waals surface area (Å²) in [5.41, 5.74) is 2.30. The number of hydrogen-bond acceptors (Lipinski definition) is 4. The molecule has 5 aromatic rings. The van der Waals surface area contributed by atoms with Crippen molar-refractivity contribution in [2.75, 3.05) is 0 Å². The average molecular weight is 491 g/mol. The molecule has 0 aliphatic heterocycles. The lowest BCUT2D eigenvalue weighted by Crippen LogP contribution is -2.32. The molecule has 0 unspecified atom stereocenters. The molecule has 0 spiro atoms. The smallest absolute Gasteiger partial charge is 0.251 e. The molecule has 0 amide bonds. The molecule has 0 aliphatic carbocycles. The van der Waals surface area contributed by atoms with Crippen LogP contribution in [0.3, 0.4) is 0 Å². The van der Waals surface area contributed by atoms with Crippen LogP contribution >= 0.6 is 23.2 Å². The second kappa shape index (κ2) is 8.40. The highest BCUT2D eigenvalue weighted by atomic mass is 35.5. The lowest BCUT2D eigenvalue weighted by molar-refractivity contribution is 0.113. The van der Waals surface area contributed by atoms with Gasteiger partial charge in [-0.25, -0.2) is 9.97 Å². The van der Waals surface area contributed by atoms with Gasteiger partial charge in [0.1, 0.15) is 0 Å². The minimum atomic E-state index is -1.62. The molecule has 1 atom stereocenters. The van der Waals surface area contributed by atoms with Crippen LogP contribution in [-0.4, -0.2) is 24.2 Å². The molecule has 0 fully saturated rings. The molecular weight excluding hydrogens is 471 g/mol. The Morgan fingerprint density at radius 3 is 2.38 bits per heavy atom. The summed E-state index contributed by atoms with van der Waals surface area (Å²) >= 11 is 12.4. The number of aromatic nitrogens is 4. The summed E-state index contributed by atoms with van der Waals surface area (Å²) in [6.45, 7) is 0. The van der Waals surface area contributed by atoms with Gasteiger partial charge in [0, 0.05) is 35.8 Å². The Morgan fingerprint density at radius 2 is 1.71 bits per heavy atom. The number of halogens is 2. The van der Waals surface area contributed by atoms with E-state index < -0.39 is 5.60 Å². The SMILES string of the molecule is Cn1cncc1[C@@](O)(c1ccc(Cl)cc1)c1ccc2c(n1)c(-c1cccc(Cl)c1)cc(=O)n2C. The standard InChI is InChI=1S/C26H20Cl2N4O2/c1-31-15-29-14-23(31)26(34,17-6-8-18(27)9-7-17)22-11-10-21-25(30-22)20(13-24(33)32(21)2)16-4-3-5-19(28)12-16/h3-15,34H,1-2H3/t26-/m1/s1. The second-order valence-electron chi connectivity index (χ2n) is 8.14. The van der Waals surface area contributed by atoms with Crippen LogP contribution in [0.15, 0.2) is 84.0 Å². The van der Waals surface area contributed by atoms with E-state index in [9.17, 15) is 9.90 Å². The Kier molecular flexibility index (Phi) is 5.52. The van der Waals surface area contributed by atoms with Gasteiger partial charge in [0.15, 0.2) is 5.60 Å². The lowest BCUT2D eigenvalue weighted by Gasteiger charge is -2.29. The van der Waals surface area contributed by atoms with E-state index in [4.69, 9.17) is 28.2 Å². The number of nitrogens with zero attached hydrogens (tertiary/aromatic N) is 4. The van der Waals surface area contributed by atoms with Crippen molar-refractivity contribution in [3.05, 3.63) is 117 Å². The maximum Gasteiger partial charge on any atom is 0.251 e. The summed E-state index contributed by atoms with van der Waals surface area (Å²) in [6.07, 6.45) is 3.23. The van der Waals surface area contributed by atoms with Gasteiger partial charge in [-0.2, -0.15) is 0 Å². The zero-order valence-electron chi connectivity index (χ0n) is 18.4. The molecule has 0 bridgehead atoms. The van der Waals surface area contributed by atoms with Crippen LogP contribution < -0.4 is 5.56 Å². The molecule has 6 nitrogen and oxygen atoms in total. The Labute approximate surface area is 205 Å². The maximum absolute atomic E-state index is 12.7. The van der Waals surface area contributed by atoms with E-state index in [1.54, 1.807) is 72.7 Å². The molecule has 0 saturated heterocycles. The fraction of sp³-hybridized carbons (Fsp3) is 0.115. The number of imidazole rings is 1. The fourth-order valence-electron chi connectivity index (χ4n) is 4.23. The van der Waals surface area contributed by atoms with Gasteiger partial charge in [-0.1, -0.05) is 47.5 Å². The average Bonchev–Trinajstić information content (AvgIpc) is 3.27. The van der Waals surface area contributed by atoms with Crippen molar-refractivity contribution < 1.29 is 5.11 Å². The summed E-state index contributed by atoms with van der Waals surface area (Å²) in [7, 11) is 3.51. The number of rotatable bonds is 4. The maximum atomic E-state index is 12.7. The van der Waals surface area contributed by atoms with Gasteiger partial charge < -0.3 is 14.2 Å². The zero-order chi connectivity index (χ0) is 24.0. The molecule has 5 rings (SSSR count). The number of pyridine rings is 2. The van der Waals surface area contributed by atoms with Crippen molar-refractivity contribution >= 4 is 34.2 Å². The van der Waals surface area contributed by atoms with E-state index in [0.717, 1.165) is 5.56 Å². The third kappa shape index (κ3) is 3.60. The van der Waals surface area contributed by atoms with Gasteiger partial charge in [-0.3, -0.25) is 4.79 Å². The normalized spacial score (nSPS) is 13.2. The summed E-state index contributed by atoms with van der Waals surface area (Å²) in [5, 5.41) is 13.3. The fourth-order valence-corrected chi connectivity index (χ4v) is 4.55. The van der Waals surface area contributed by atoms with Crippen LogP contribution in [0, 0.1) is 0 Å². The Morgan fingerprint density at radius 1 is 0.941 bits per heavy atom. The largest absolute Gasteiger partial charge is 0.373 e. The van der Waals surface area contributed by atoms with E-state index in [1.807, 2.05) is 19.2 Å². The van der Waals surface area contributed by atoms with Crippen LogP contribution in [0.2, 0.25) is 10.0 Å². The molecule has 0 saturated carbocycles. The summed E-state index contributed by atoms with van der Waals surface area (Å²) < 4.78 is 3.28. The first-order chi connectivity index (χ1) is 16.3. The van der Waals surface area contributed by atoms with Gasteiger partial charge in [-0.15, -0.1) is 0 Å². The van der Waals surface area contributed by atoms with Crippen LogP contribution in [0.5, 0.6) is 0 Å². The summed E-state index contributed by atoms with van der Waals surface area (Å²) in [6, 6.07) is 19.3. The zero-order valence-corrected chi connectivity index (χ0v) is 19.9. The molecule has 0 aliphatic rings. The molecule has 3 aromatic heterocycles. The van der Waals surface area contributed by atoms with Gasteiger partial charge >= 0.3 is 0 Å². The molecule has 0 radical (unpaired) electrons. The number of fused-ring (bicyclic) bond motifs is 1. The van der Waals surface area contributed by atoms with Gasteiger partial charge in [0.05, 0.1) is 34.9 Å². The number of aryl methyl sites for hydroxylation is 2. The first-order valence-corrected chi connectivity index (χ1v) is 11.3. The van der Waals surface area contributed by atoms with Crippen molar-refractivity contribution in [1.82, 2.24) is 19.1 Å². The lowest BCUT2D eigenvalue weighted by atomic mass is 9.86. The molecule has 170 valence electrons. The third-order valence-electron chi connectivity index (χ3n) is 6.04. The minimum Gasteiger partial charge on any atom is -0.373 e. The minimum absolute atomic E-state index is 0.170. The topological polar surface area (TPSA) is 72.9 Å². The van der Waals surface area contributed by atoms with Crippen LogP contribution in [0.25, 0.3) is 22.2 Å². The molecule has 1 N–H and O–H groups in total. The Balaban J connectivity index is 1.84.